The molecule has 0 aromatic rings. The Labute approximate surface area is 103 Å². The van der Waals surface area contributed by atoms with Gasteiger partial charge in [0.25, 0.3) is 0 Å². The molecule has 1 saturated carbocycles. The summed E-state index contributed by atoms with van der Waals surface area (Å²) in [6.07, 6.45) is 10.5. The van der Waals surface area contributed by atoms with Gasteiger partial charge in [-0.3, -0.25) is 4.99 Å². The summed E-state index contributed by atoms with van der Waals surface area (Å²) in [4.78, 5) is 11.2. The van der Waals surface area contributed by atoms with E-state index in [1.54, 1.807) is 0 Å². The maximum Gasteiger partial charge on any atom is 0.220 e. The Kier molecular flexibility index (Phi) is 2.77. The highest BCUT2D eigenvalue weighted by Crippen LogP contribution is 2.46. The molecule has 0 aromatic carbocycles. The molecule has 17 heavy (non-hydrogen) atoms. The summed E-state index contributed by atoms with van der Waals surface area (Å²) < 4.78 is 0. The molecule has 0 atom stereocenters. The molecule has 3 heteroatoms. The van der Waals surface area contributed by atoms with E-state index in [-0.39, 0.29) is 0 Å². The second-order valence-corrected chi connectivity index (χ2v) is 5.71. The Balaban J connectivity index is 1.55. The van der Waals surface area contributed by atoms with Gasteiger partial charge in [-0.1, -0.05) is 6.08 Å². The van der Waals surface area contributed by atoms with Crippen LogP contribution in [0.5, 0.6) is 0 Å². The minimum Gasteiger partial charge on any atom is -0.340 e. The summed E-state index contributed by atoms with van der Waals surface area (Å²) >= 11 is 0. The van der Waals surface area contributed by atoms with Crippen molar-refractivity contribution in [3.8, 4) is 0 Å². The van der Waals surface area contributed by atoms with Crippen molar-refractivity contribution >= 4 is 12.2 Å². The highest BCUT2D eigenvalue weighted by Gasteiger charge is 2.45. The van der Waals surface area contributed by atoms with Crippen molar-refractivity contribution in [3.05, 3.63) is 12.7 Å². The SMILES string of the molecule is C=CC1CCC2(CC1)CN(C1=NCCC=N1)C2. The van der Waals surface area contributed by atoms with Gasteiger partial charge in [-0.25, -0.2) is 4.99 Å². The van der Waals surface area contributed by atoms with Crippen molar-refractivity contribution in [1.29, 1.82) is 0 Å². The van der Waals surface area contributed by atoms with E-state index in [2.05, 4.69) is 27.5 Å². The lowest BCUT2D eigenvalue weighted by atomic mass is 9.66. The fourth-order valence-corrected chi connectivity index (χ4v) is 3.30. The van der Waals surface area contributed by atoms with E-state index in [9.17, 15) is 0 Å². The molecule has 1 aliphatic carbocycles. The number of likely N-dealkylation sites (tertiary alicyclic amines) is 1. The fourth-order valence-electron chi connectivity index (χ4n) is 3.30. The highest BCUT2D eigenvalue weighted by atomic mass is 15.3. The number of hydrogen-bond donors (Lipinski definition) is 0. The number of aliphatic imine (C=N–C) groups is 2. The van der Waals surface area contributed by atoms with Crippen molar-refractivity contribution in [3.63, 3.8) is 0 Å². The summed E-state index contributed by atoms with van der Waals surface area (Å²) in [5.41, 5.74) is 0.578. The lowest BCUT2D eigenvalue weighted by molar-refractivity contribution is 0.0112. The molecule has 3 aliphatic rings. The van der Waals surface area contributed by atoms with Gasteiger partial charge >= 0.3 is 0 Å². The van der Waals surface area contributed by atoms with E-state index < -0.39 is 0 Å². The zero-order valence-corrected chi connectivity index (χ0v) is 10.4. The van der Waals surface area contributed by atoms with Crippen LogP contribution in [-0.4, -0.2) is 36.7 Å². The monoisotopic (exact) mass is 231 g/mol. The minimum atomic E-state index is 0.578. The second kappa shape index (κ2) is 4.28. The van der Waals surface area contributed by atoms with Gasteiger partial charge < -0.3 is 4.90 Å². The predicted molar refractivity (Wildman–Crippen MR) is 71.6 cm³/mol. The third-order valence-electron chi connectivity index (χ3n) is 4.48. The van der Waals surface area contributed by atoms with Crippen LogP contribution in [0.25, 0.3) is 0 Å². The van der Waals surface area contributed by atoms with E-state index >= 15 is 0 Å². The fraction of sp³-hybridized carbons (Fsp3) is 0.714. The smallest absolute Gasteiger partial charge is 0.220 e. The van der Waals surface area contributed by atoms with Crippen molar-refractivity contribution in [1.82, 2.24) is 4.90 Å². The van der Waals surface area contributed by atoms with E-state index in [4.69, 9.17) is 0 Å². The van der Waals surface area contributed by atoms with E-state index in [1.807, 2.05) is 6.21 Å². The Hall–Kier alpha value is -1.12. The van der Waals surface area contributed by atoms with Crippen LogP contribution in [0.15, 0.2) is 22.6 Å². The average Bonchev–Trinajstić information content (AvgIpc) is 2.37. The van der Waals surface area contributed by atoms with Crippen LogP contribution in [0.4, 0.5) is 0 Å². The third-order valence-corrected chi connectivity index (χ3v) is 4.48. The molecule has 92 valence electrons. The predicted octanol–water partition coefficient (Wildman–Crippen LogP) is 2.50. The average molecular weight is 231 g/mol. The summed E-state index contributed by atoms with van der Waals surface area (Å²) in [7, 11) is 0. The maximum atomic E-state index is 4.49. The van der Waals surface area contributed by atoms with Crippen LogP contribution in [0.2, 0.25) is 0 Å². The highest BCUT2D eigenvalue weighted by molar-refractivity contribution is 5.90. The number of hydrogen-bond acceptors (Lipinski definition) is 3. The van der Waals surface area contributed by atoms with E-state index in [0.717, 1.165) is 24.8 Å². The van der Waals surface area contributed by atoms with Gasteiger partial charge in [0.15, 0.2) is 0 Å². The minimum absolute atomic E-state index is 0.578. The van der Waals surface area contributed by atoms with Gasteiger partial charge in [0.05, 0.1) is 0 Å². The second-order valence-electron chi connectivity index (χ2n) is 5.71. The number of allylic oxidation sites excluding steroid dienone is 1. The van der Waals surface area contributed by atoms with Crippen LogP contribution in [0.1, 0.15) is 32.1 Å². The lowest BCUT2D eigenvalue weighted by Crippen LogP contribution is -2.59. The molecule has 0 amide bonds. The summed E-state index contributed by atoms with van der Waals surface area (Å²) in [5.74, 6) is 1.74. The van der Waals surface area contributed by atoms with Crippen LogP contribution in [0.3, 0.4) is 0 Å². The van der Waals surface area contributed by atoms with Gasteiger partial charge in [0.2, 0.25) is 5.96 Å². The summed E-state index contributed by atoms with van der Waals surface area (Å²) in [5, 5.41) is 0. The molecule has 1 saturated heterocycles. The van der Waals surface area contributed by atoms with Gasteiger partial charge in [0, 0.05) is 37.7 Å². The largest absolute Gasteiger partial charge is 0.340 e. The van der Waals surface area contributed by atoms with Crippen molar-refractivity contribution in [2.24, 2.45) is 21.3 Å². The molecular weight excluding hydrogens is 210 g/mol. The molecular formula is C14H21N3. The Morgan fingerprint density at radius 2 is 2.12 bits per heavy atom. The Bertz CT molecular complexity index is 354. The van der Waals surface area contributed by atoms with Crippen LogP contribution < -0.4 is 0 Å². The quantitative estimate of drug-likeness (QED) is 0.637. The first-order chi connectivity index (χ1) is 8.31. The molecule has 0 aromatic heterocycles. The van der Waals surface area contributed by atoms with Crippen LogP contribution >= 0.6 is 0 Å². The van der Waals surface area contributed by atoms with Crippen molar-refractivity contribution in [2.45, 2.75) is 32.1 Å². The number of nitrogens with zero attached hydrogens (tertiary/aromatic N) is 3. The zero-order chi connectivity index (χ0) is 11.7. The Morgan fingerprint density at radius 1 is 1.35 bits per heavy atom. The van der Waals surface area contributed by atoms with Gasteiger partial charge in [-0.05, 0) is 31.6 Å². The van der Waals surface area contributed by atoms with Crippen molar-refractivity contribution in [2.75, 3.05) is 19.6 Å². The normalized spacial score (nSPS) is 27.8. The lowest BCUT2D eigenvalue weighted by Gasteiger charge is -2.53. The van der Waals surface area contributed by atoms with E-state index in [1.165, 1.54) is 38.8 Å². The molecule has 0 unspecified atom stereocenters. The van der Waals surface area contributed by atoms with Crippen LogP contribution in [-0.2, 0) is 0 Å². The number of rotatable bonds is 1. The topological polar surface area (TPSA) is 28.0 Å². The summed E-state index contributed by atoms with van der Waals surface area (Å²) in [6.45, 7) is 7.18. The molecule has 0 N–H and O–H groups in total. The molecule has 0 bridgehead atoms. The standard InChI is InChI=1S/C14H21N3/c1-2-12-4-6-14(7-5-12)10-17(11-14)13-15-8-3-9-16-13/h2,8,12H,1,3-7,9-11H2. The van der Waals surface area contributed by atoms with Crippen molar-refractivity contribution < 1.29 is 0 Å². The Morgan fingerprint density at radius 3 is 2.71 bits per heavy atom. The molecule has 0 radical (unpaired) electrons. The molecule has 3 rings (SSSR count). The maximum absolute atomic E-state index is 4.49. The van der Waals surface area contributed by atoms with Gasteiger partial charge in [-0.15, -0.1) is 6.58 Å². The first kappa shape index (κ1) is 11.0. The number of guanidine groups is 1. The molecule has 2 heterocycles. The first-order valence-electron chi connectivity index (χ1n) is 6.76. The zero-order valence-electron chi connectivity index (χ0n) is 10.4. The summed E-state index contributed by atoms with van der Waals surface area (Å²) in [6, 6.07) is 0. The molecule has 2 fully saturated rings. The molecule has 3 nitrogen and oxygen atoms in total. The molecule has 1 spiro atoms. The first-order valence-corrected chi connectivity index (χ1v) is 6.76. The van der Waals surface area contributed by atoms with Gasteiger partial charge in [-0.2, -0.15) is 0 Å². The molecule has 2 aliphatic heterocycles. The van der Waals surface area contributed by atoms with Gasteiger partial charge in [0.1, 0.15) is 0 Å². The van der Waals surface area contributed by atoms with Crippen LogP contribution in [0, 0.1) is 11.3 Å². The third kappa shape index (κ3) is 2.03. The van der Waals surface area contributed by atoms with E-state index in [0.29, 0.717) is 5.41 Å².